The van der Waals surface area contributed by atoms with Crippen LogP contribution >= 0.6 is 0 Å². The summed E-state index contributed by atoms with van der Waals surface area (Å²) in [4.78, 5) is 22.1. The quantitative estimate of drug-likeness (QED) is 0.272. The van der Waals surface area contributed by atoms with Crippen LogP contribution in [0.4, 0.5) is 29.1 Å². The molecule has 0 fully saturated rings. The van der Waals surface area contributed by atoms with Crippen LogP contribution in [0.3, 0.4) is 0 Å². The van der Waals surface area contributed by atoms with Gasteiger partial charge in [0.2, 0.25) is 0 Å². The van der Waals surface area contributed by atoms with Crippen molar-refractivity contribution in [3.8, 4) is 22.7 Å². The fourth-order valence-electron chi connectivity index (χ4n) is 3.62. The number of nitrogen functional groups attached to an aromatic ring is 1. The van der Waals surface area contributed by atoms with Gasteiger partial charge < -0.3 is 20.5 Å². The molecule has 36 heavy (non-hydrogen) atoms. The van der Waals surface area contributed by atoms with E-state index in [1.165, 1.54) is 34.9 Å². The van der Waals surface area contributed by atoms with Gasteiger partial charge in [0.05, 0.1) is 5.69 Å². The van der Waals surface area contributed by atoms with Gasteiger partial charge in [-0.05, 0) is 48.6 Å². The van der Waals surface area contributed by atoms with Crippen molar-refractivity contribution in [2.24, 2.45) is 4.99 Å². The number of anilines is 2. The summed E-state index contributed by atoms with van der Waals surface area (Å²) in [6.45, 7) is -3.83. The van der Waals surface area contributed by atoms with E-state index in [0.29, 0.717) is 28.2 Å². The summed E-state index contributed by atoms with van der Waals surface area (Å²) in [7, 11) is 1.58. The minimum Gasteiger partial charge on any atom is -0.435 e. The highest BCUT2D eigenvalue weighted by Crippen LogP contribution is 2.28. The maximum atomic E-state index is 13.7. The van der Waals surface area contributed by atoms with Gasteiger partial charge in [0.15, 0.2) is 0 Å². The number of nitrogens with one attached hydrogen (secondary N) is 1. The number of ether oxygens (including phenoxy) is 2. The Kier molecular flexibility index (Phi) is 7.34. The van der Waals surface area contributed by atoms with E-state index in [1.54, 1.807) is 37.5 Å². The number of aliphatic imine (C=N–C) groups is 1. The number of hydrogen-bond donors (Lipinski definition) is 2. The number of nitrogens with zero attached hydrogens (tertiary/aromatic N) is 3. The highest BCUT2D eigenvalue weighted by Gasteiger charge is 2.24. The predicted octanol–water partition coefficient (Wildman–Crippen LogP) is 4.18. The zero-order valence-electron chi connectivity index (χ0n) is 18.9. The van der Waals surface area contributed by atoms with E-state index in [9.17, 15) is 22.4 Å². The summed E-state index contributed by atoms with van der Waals surface area (Å²) in [5.74, 6) is 0.0804. The largest absolute Gasteiger partial charge is 0.435 e. The second-order valence-corrected chi connectivity index (χ2v) is 7.59. The Balaban J connectivity index is 1.86. The summed E-state index contributed by atoms with van der Waals surface area (Å²) in [6.07, 6.45) is 0.951. The van der Waals surface area contributed by atoms with Crippen molar-refractivity contribution in [2.45, 2.75) is 19.3 Å². The molecule has 8 nitrogen and oxygen atoms in total. The minimum atomic E-state index is -3.01. The topological polar surface area (TPSA) is 104 Å². The molecule has 3 aromatic rings. The van der Waals surface area contributed by atoms with Crippen molar-refractivity contribution in [1.82, 2.24) is 9.55 Å². The van der Waals surface area contributed by atoms with Gasteiger partial charge >= 0.3 is 6.61 Å². The average molecular weight is 503 g/mol. The van der Waals surface area contributed by atoms with Crippen LogP contribution in [0.25, 0.3) is 23.0 Å². The molecule has 1 aliphatic heterocycles. The first kappa shape index (κ1) is 24.9. The number of aromatic nitrogens is 2. The van der Waals surface area contributed by atoms with Gasteiger partial charge in [0, 0.05) is 30.1 Å². The van der Waals surface area contributed by atoms with E-state index >= 15 is 0 Å². The highest BCUT2D eigenvalue weighted by molar-refractivity contribution is 5.89. The summed E-state index contributed by atoms with van der Waals surface area (Å²) >= 11 is 0. The third kappa shape index (κ3) is 5.38. The molecule has 0 spiro atoms. The van der Waals surface area contributed by atoms with Crippen LogP contribution in [0, 0.1) is 0 Å². The molecule has 4 rings (SSSR count). The predicted molar refractivity (Wildman–Crippen MR) is 128 cm³/mol. The maximum Gasteiger partial charge on any atom is 0.387 e. The summed E-state index contributed by atoms with van der Waals surface area (Å²) in [5, 5.41) is 2.89. The van der Waals surface area contributed by atoms with Gasteiger partial charge in [0.1, 0.15) is 35.8 Å². The molecule has 0 saturated carbocycles. The van der Waals surface area contributed by atoms with E-state index in [-0.39, 0.29) is 17.3 Å². The first-order valence-corrected chi connectivity index (χ1v) is 10.7. The molecule has 0 aliphatic carbocycles. The second-order valence-electron chi connectivity index (χ2n) is 7.59. The van der Waals surface area contributed by atoms with Crippen LogP contribution < -0.4 is 21.3 Å². The zero-order chi connectivity index (χ0) is 25.8. The summed E-state index contributed by atoms with van der Waals surface area (Å²) in [5.41, 5.74) is 7.63. The Hall–Kier alpha value is -4.19. The highest BCUT2D eigenvalue weighted by atomic mass is 19.3. The third-order valence-electron chi connectivity index (χ3n) is 5.16. The molecule has 0 radical (unpaired) electrons. The van der Waals surface area contributed by atoms with Gasteiger partial charge in [-0.2, -0.15) is 8.78 Å². The molecule has 3 N–H and O–H groups in total. The van der Waals surface area contributed by atoms with Gasteiger partial charge in [-0.25, -0.2) is 13.8 Å². The van der Waals surface area contributed by atoms with Crippen molar-refractivity contribution in [3.05, 3.63) is 70.2 Å². The standard InChI is InChI=1S/C24H21F4N5O3/c1-30-11-14-10-13(2-7-17(14)29)21-23(34)33(15-3-5-16(6-4-15)36-24(27)28)22-18(31-21)8-9-20(32-22)35-12-19(25)26/h2-11,19-20,24,32H,12,29H2,1H3. The average Bonchev–Trinajstić information content (AvgIpc) is 2.84. The molecule has 0 saturated heterocycles. The second kappa shape index (κ2) is 10.6. The van der Waals surface area contributed by atoms with Crippen molar-refractivity contribution < 1.29 is 27.0 Å². The van der Waals surface area contributed by atoms with E-state index in [2.05, 4.69) is 20.0 Å². The van der Waals surface area contributed by atoms with Crippen LogP contribution in [0.5, 0.6) is 5.75 Å². The van der Waals surface area contributed by atoms with Crippen LogP contribution in [-0.2, 0) is 4.74 Å². The lowest BCUT2D eigenvalue weighted by molar-refractivity contribution is -0.0498. The number of alkyl halides is 4. The molecule has 0 amide bonds. The lowest BCUT2D eigenvalue weighted by Crippen LogP contribution is -2.33. The lowest BCUT2D eigenvalue weighted by atomic mass is 10.1. The minimum absolute atomic E-state index is 0.0748. The van der Waals surface area contributed by atoms with Crippen LogP contribution in [0.15, 0.2) is 58.3 Å². The van der Waals surface area contributed by atoms with Crippen molar-refractivity contribution >= 4 is 23.8 Å². The van der Waals surface area contributed by atoms with E-state index < -0.39 is 31.4 Å². The Labute approximate surface area is 202 Å². The number of halogens is 4. The molecule has 2 aromatic carbocycles. The smallest absolute Gasteiger partial charge is 0.387 e. The normalized spacial score (nSPS) is 14.9. The summed E-state index contributed by atoms with van der Waals surface area (Å²) in [6, 6.07) is 10.3. The van der Waals surface area contributed by atoms with Gasteiger partial charge in [-0.1, -0.05) is 6.07 Å². The lowest BCUT2D eigenvalue weighted by Gasteiger charge is -2.25. The van der Waals surface area contributed by atoms with Crippen LogP contribution in [-0.4, -0.2) is 48.7 Å². The number of benzene rings is 2. The monoisotopic (exact) mass is 503 g/mol. The summed E-state index contributed by atoms with van der Waals surface area (Å²) < 4.78 is 61.2. The van der Waals surface area contributed by atoms with E-state index in [0.717, 1.165) is 0 Å². The van der Waals surface area contributed by atoms with Crippen molar-refractivity contribution in [2.75, 3.05) is 24.7 Å². The fourth-order valence-corrected chi connectivity index (χ4v) is 3.62. The van der Waals surface area contributed by atoms with Gasteiger partial charge in [-0.3, -0.25) is 14.4 Å². The zero-order valence-corrected chi connectivity index (χ0v) is 18.9. The molecule has 188 valence electrons. The first-order chi connectivity index (χ1) is 17.3. The SMILES string of the molecule is CN=Cc1cc(-c2nc3c(n(-c4ccc(OC(F)F)cc4)c2=O)NC(OCC(F)F)C=C3)ccc1N. The fraction of sp³-hybridized carbons (Fsp3) is 0.208. The molecule has 1 unspecified atom stereocenters. The molecule has 12 heteroatoms. The number of rotatable bonds is 8. The molecule has 1 aromatic heterocycles. The number of hydrogen-bond acceptors (Lipinski definition) is 7. The van der Waals surface area contributed by atoms with Crippen LogP contribution in [0.2, 0.25) is 0 Å². The number of fused-ring (bicyclic) bond motifs is 1. The van der Waals surface area contributed by atoms with Gasteiger partial charge in [0.25, 0.3) is 12.0 Å². The Morgan fingerprint density at radius 1 is 1.19 bits per heavy atom. The molecule has 1 aliphatic rings. The van der Waals surface area contributed by atoms with E-state index in [1.807, 2.05) is 0 Å². The maximum absolute atomic E-state index is 13.7. The first-order valence-electron chi connectivity index (χ1n) is 10.7. The molecule has 0 bridgehead atoms. The van der Waals surface area contributed by atoms with Gasteiger partial charge in [-0.15, -0.1) is 0 Å². The third-order valence-corrected chi connectivity index (χ3v) is 5.16. The molecule has 2 heterocycles. The van der Waals surface area contributed by atoms with Crippen molar-refractivity contribution in [1.29, 1.82) is 0 Å². The van der Waals surface area contributed by atoms with Crippen molar-refractivity contribution in [3.63, 3.8) is 0 Å². The Morgan fingerprint density at radius 3 is 2.61 bits per heavy atom. The van der Waals surface area contributed by atoms with Crippen LogP contribution in [0.1, 0.15) is 11.3 Å². The molecule has 1 atom stereocenters. The van der Waals surface area contributed by atoms with E-state index in [4.69, 9.17) is 10.5 Å². The Morgan fingerprint density at radius 2 is 1.94 bits per heavy atom. The number of nitrogens with two attached hydrogens (primary N) is 1. The Bertz CT molecular complexity index is 1360. The molecular weight excluding hydrogens is 482 g/mol. The molecular formula is C24H21F4N5O3.